The molecule has 4 rings (SSSR count). The minimum Gasteiger partial charge on any atom is -0.352 e. The summed E-state index contributed by atoms with van der Waals surface area (Å²) in [4.78, 5) is 19.4. The maximum Gasteiger partial charge on any atom is 0.224 e. The molecule has 0 radical (unpaired) electrons. The number of fused-ring (bicyclic) bond motifs is 1. The second-order valence-electron chi connectivity index (χ2n) is 7.31. The number of anilines is 1. The maximum absolute atomic E-state index is 12.4. The first-order valence-corrected chi connectivity index (χ1v) is 9.77. The van der Waals surface area contributed by atoms with Crippen molar-refractivity contribution in [1.29, 1.82) is 0 Å². The van der Waals surface area contributed by atoms with Crippen molar-refractivity contribution in [3.05, 3.63) is 94.7 Å². The molecule has 2 heterocycles. The van der Waals surface area contributed by atoms with Gasteiger partial charge in [-0.2, -0.15) is 0 Å². The van der Waals surface area contributed by atoms with Crippen LogP contribution in [0.2, 0.25) is 0 Å². The number of carbonyl (C=O) groups excluding carboxylic acids is 1. The van der Waals surface area contributed by atoms with Crippen molar-refractivity contribution in [2.45, 2.75) is 32.9 Å². The lowest BCUT2D eigenvalue weighted by Crippen LogP contribution is -2.33. The number of rotatable bonds is 5. The summed E-state index contributed by atoms with van der Waals surface area (Å²) in [6, 6.07) is 20.6. The van der Waals surface area contributed by atoms with Gasteiger partial charge in [-0.05, 0) is 41.7 Å². The van der Waals surface area contributed by atoms with Crippen LogP contribution in [0, 0.1) is 6.92 Å². The third-order valence-electron chi connectivity index (χ3n) is 5.39. The summed E-state index contributed by atoms with van der Waals surface area (Å²) >= 11 is 0. The summed E-state index contributed by atoms with van der Waals surface area (Å²) in [6.45, 7) is 4.33. The van der Waals surface area contributed by atoms with Gasteiger partial charge in [0.05, 0.1) is 6.42 Å². The van der Waals surface area contributed by atoms with Crippen LogP contribution in [0.25, 0.3) is 0 Å². The molecule has 1 aliphatic rings. The molecule has 0 fully saturated rings. The fourth-order valence-corrected chi connectivity index (χ4v) is 3.77. The number of benzene rings is 2. The van der Waals surface area contributed by atoms with Gasteiger partial charge in [0.1, 0.15) is 5.82 Å². The van der Waals surface area contributed by atoms with Gasteiger partial charge in [0, 0.05) is 31.4 Å². The van der Waals surface area contributed by atoms with Gasteiger partial charge in [-0.15, -0.1) is 0 Å². The highest BCUT2D eigenvalue weighted by molar-refractivity contribution is 5.79. The van der Waals surface area contributed by atoms with Crippen LogP contribution in [0.3, 0.4) is 0 Å². The Hall–Kier alpha value is -3.14. The minimum atomic E-state index is 0.0353. The first kappa shape index (κ1) is 18.2. The van der Waals surface area contributed by atoms with Gasteiger partial charge >= 0.3 is 0 Å². The first-order valence-electron chi connectivity index (χ1n) is 9.77. The standard InChI is InChI=1S/C24H25N3O/c1-18-7-2-3-9-20(18)15-23(28)26-16-21-11-6-13-25-24(21)27-14-12-19-8-4-5-10-22(19)17-27/h2-11,13H,12,14-17H2,1H3,(H,26,28). The lowest BCUT2D eigenvalue weighted by Gasteiger charge is -2.31. The molecular formula is C24H25N3O. The summed E-state index contributed by atoms with van der Waals surface area (Å²) in [5.41, 5.74) is 6.04. The van der Waals surface area contributed by atoms with Crippen LogP contribution in [0.5, 0.6) is 0 Å². The monoisotopic (exact) mass is 371 g/mol. The Kier molecular flexibility index (Phi) is 5.38. The van der Waals surface area contributed by atoms with E-state index in [1.807, 2.05) is 43.5 Å². The Morgan fingerprint density at radius 2 is 1.75 bits per heavy atom. The fourth-order valence-electron chi connectivity index (χ4n) is 3.77. The van der Waals surface area contributed by atoms with Gasteiger partial charge in [-0.25, -0.2) is 4.98 Å². The van der Waals surface area contributed by atoms with Gasteiger partial charge in [0.2, 0.25) is 5.91 Å². The zero-order valence-corrected chi connectivity index (χ0v) is 16.2. The predicted molar refractivity (Wildman–Crippen MR) is 112 cm³/mol. The number of hydrogen-bond acceptors (Lipinski definition) is 3. The van der Waals surface area contributed by atoms with E-state index in [1.54, 1.807) is 0 Å². The number of aromatic nitrogens is 1. The number of amides is 1. The fraction of sp³-hybridized carbons (Fsp3) is 0.250. The summed E-state index contributed by atoms with van der Waals surface area (Å²) < 4.78 is 0. The van der Waals surface area contributed by atoms with Crippen LogP contribution in [0.15, 0.2) is 66.9 Å². The van der Waals surface area contributed by atoms with E-state index in [0.717, 1.165) is 42.0 Å². The van der Waals surface area contributed by atoms with Crippen molar-refractivity contribution in [2.75, 3.05) is 11.4 Å². The average molecular weight is 371 g/mol. The smallest absolute Gasteiger partial charge is 0.224 e. The van der Waals surface area contributed by atoms with Crippen LogP contribution in [0.1, 0.15) is 27.8 Å². The molecule has 0 unspecified atom stereocenters. The molecule has 0 saturated heterocycles. The number of nitrogens with one attached hydrogen (secondary N) is 1. The molecule has 1 aliphatic heterocycles. The zero-order valence-electron chi connectivity index (χ0n) is 16.2. The third-order valence-corrected chi connectivity index (χ3v) is 5.39. The Bertz CT molecular complexity index is 983. The topological polar surface area (TPSA) is 45.2 Å². The van der Waals surface area contributed by atoms with Crippen LogP contribution in [0.4, 0.5) is 5.82 Å². The Balaban J connectivity index is 1.44. The molecule has 0 bridgehead atoms. The lowest BCUT2D eigenvalue weighted by molar-refractivity contribution is -0.120. The molecule has 1 amide bonds. The first-order chi connectivity index (χ1) is 13.7. The summed E-state index contributed by atoms with van der Waals surface area (Å²) in [7, 11) is 0. The molecule has 3 aromatic rings. The lowest BCUT2D eigenvalue weighted by atomic mass is 9.99. The zero-order chi connectivity index (χ0) is 19.3. The molecular weight excluding hydrogens is 346 g/mol. The molecule has 28 heavy (non-hydrogen) atoms. The average Bonchev–Trinajstić information content (AvgIpc) is 2.74. The van der Waals surface area contributed by atoms with Crippen LogP contribution in [-0.2, 0) is 30.7 Å². The van der Waals surface area contributed by atoms with E-state index in [4.69, 9.17) is 0 Å². The normalized spacial score (nSPS) is 13.1. The largest absolute Gasteiger partial charge is 0.352 e. The molecule has 4 heteroatoms. The molecule has 0 spiro atoms. The van der Waals surface area contributed by atoms with Crippen molar-refractivity contribution in [1.82, 2.24) is 10.3 Å². The molecule has 2 aromatic carbocycles. The second kappa shape index (κ2) is 8.26. The van der Waals surface area contributed by atoms with E-state index in [9.17, 15) is 4.79 Å². The van der Waals surface area contributed by atoms with E-state index >= 15 is 0 Å². The quantitative estimate of drug-likeness (QED) is 0.742. The Morgan fingerprint density at radius 3 is 2.61 bits per heavy atom. The van der Waals surface area contributed by atoms with Crippen LogP contribution >= 0.6 is 0 Å². The molecule has 142 valence electrons. The van der Waals surface area contributed by atoms with E-state index < -0.39 is 0 Å². The van der Waals surface area contributed by atoms with Crippen molar-refractivity contribution >= 4 is 11.7 Å². The van der Waals surface area contributed by atoms with Gasteiger partial charge in [-0.1, -0.05) is 54.6 Å². The maximum atomic E-state index is 12.4. The van der Waals surface area contributed by atoms with Crippen LogP contribution < -0.4 is 10.2 Å². The summed E-state index contributed by atoms with van der Waals surface area (Å²) in [5.74, 6) is 1.00. The molecule has 0 atom stereocenters. The van der Waals surface area contributed by atoms with Gasteiger partial charge in [-0.3, -0.25) is 4.79 Å². The number of pyridine rings is 1. The molecule has 4 nitrogen and oxygen atoms in total. The van der Waals surface area contributed by atoms with Crippen molar-refractivity contribution in [2.24, 2.45) is 0 Å². The van der Waals surface area contributed by atoms with Gasteiger partial charge in [0.15, 0.2) is 0 Å². The van der Waals surface area contributed by atoms with E-state index in [2.05, 4.69) is 45.5 Å². The van der Waals surface area contributed by atoms with Crippen molar-refractivity contribution in [3.8, 4) is 0 Å². The van der Waals surface area contributed by atoms with E-state index in [1.165, 1.54) is 11.1 Å². The molecule has 0 saturated carbocycles. The third kappa shape index (κ3) is 4.06. The second-order valence-corrected chi connectivity index (χ2v) is 7.31. The summed E-state index contributed by atoms with van der Waals surface area (Å²) in [5, 5.41) is 3.07. The highest BCUT2D eigenvalue weighted by atomic mass is 16.1. The van der Waals surface area contributed by atoms with Crippen molar-refractivity contribution < 1.29 is 4.79 Å². The van der Waals surface area contributed by atoms with E-state index in [0.29, 0.717) is 13.0 Å². The number of nitrogens with zero attached hydrogens (tertiary/aromatic N) is 2. The SMILES string of the molecule is Cc1ccccc1CC(=O)NCc1cccnc1N1CCc2ccccc2C1. The number of hydrogen-bond donors (Lipinski definition) is 1. The molecule has 0 aliphatic carbocycles. The highest BCUT2D eigenvalue weighted by Crippen LogP contribution is 2.25. The van der Waals surface area contributed by atoms with Gasteiger partial charge < -0.3 is 10.2 Å². The highest BCUT2D eigenvalue weighted by Gasteiger charge is 2.19. The summed E-state index contributed by atoms with van der Waals surface area (Å²) in [6.07, 6.45) is 3.25. The Morgan fingerprint density at radius 1 is 1.00 bits per heavy atom. The molecule has 1 aromatic heterocycles. The van der Waals surface area contributed by atoms with E-state index in [-0.39, 0.29) is 5.91 Å². The minimum absolute atomic E-state index is 0.0353. The molecule has 1 N–H and O–H groups in total. The number of carbonyl (C=O) groups is 1. The predicted octanol–water partition coefficient (Wildman–Crippen LogP) is 3.81. The van der Waals surface area contributed by atoms with Crippen LogP contribution in [-0.4, -0.2) is 17.4 Å². The van der Waals surface area contributed by atoms with Gasteiger partial charge in [0.25, 0.3) is 0 Å². The number of aryl methyl sites for hydroxylation is 1. The Labute approximate surface area is 166 Å². The van der Waals surface area contributed by atoms with Crippen molar-refractivity contribution in [3.63, 3.8) is 0 Å².